The second-order valence-corrected chi connectivity index (χ2v) is 3.26. The summed E-state index contributed by atoms with van der Waals surface area (Å²) in [5.74, 6) is 0. The fraction of sp³-hybridized carbons (Fsp3) is 0.300. The Balaban J connectivity index is 1.83. The van der Waals surface area contributed by atoms with Gasteiger partial charge >= 0.3 is 0 Å². The van der Waals surface area contributed by atoms with Crippen LogP contribution in [0.1, 0.15) is 11.4 Å². The molecule has 2 heterocycles. The van der Waals surface area contributed by atoms with E-state index in [2.05, 4.69) is 20.6 Å². The topological polar surface area (TPSA) is 55.6 Å². The van der Waals surface area contributed by atoms with E-state index in [0.29, 0.717) is 0 Å². The molecule has 0 aromatic carbocycles. The molecule has 0 atom stereocenters. The first-order valence-electron chi connectivity index (χ1n) is 4.80. The molecule has 2 aromatic rings. The quantitative estimate of drug-likeness (QED) is 0.786. The van der Waals surface area contributed by atoms with Gasteiger partial charge in [0.2, 0.25) is 0 Å². The Bertz CT molecular complexity index is 409. The molecule has 0 fully saturated rings. The van der Waals surface area contributed by atoms with Crippen LogP contribution in [0.2, 0.25) is 0 Å². The van der Waals surface area contributed by atoms with E-state index in [1.807, 2.05) is 29.9 Å². The lowest BCUT2D eigenvalue weighted by molar-refractivity contribution is 0.616. The molecule has 15 heavy (non-hydrogen) atoms. The van der Waals surface area contributed by atoms with Gasteiger partial charge in [-0.05, 0) is 18.2 Å². The molecule has 2 rings (SSSR count). The summed E-state index contributed by atoms with van der Waals surface area (Å²) in [6.45, 7) is 1.51. The summed E-state index contributed by atoms with van der Waals surface area (Å²) >= 11 is 0. The summed E-state index contributed by atoms with van der Waals surface area (Å²) < 4.78 is 1.85. The van der Waals surface area contributed by atoms with Crippen molar-refractivity contribution >= 4 is 0 Å². The smallest absolute Gasteiger partial charge is 0.0769 e. The molecule has 0 amide bonds. The van der Waals surface area contributed by atoms with Crippen molar-refractivity contribution in [2.75, 3.05) is 0 Å². The monoisotopic (exact) mass is 203 g/mol. The summed E-state index contributed by atoms with van der Waals surface area (Å²) in [4.78, 5) is 0. The van der Waals surface area contributed by atoms with Crippen molar-refractivity contribution in [2.45, 2.75) is 13.1 Å². The zero-order valence-electron chi connectivity index (χ0n) is 8.59. The van der Waals surface area contributed by atoms with Crippen LogP contribution >= 0.6 is 0 Å². The van der Waals surface area contributed by atoms with Gasteiger partial charge < -0.3 is 5.32 Å². The van der Waals surface area contributed by atoms with Gasteiger partial charge in [-0.3, -0.25) is 4.68 Å². The van der Waals surface area contributed by atoms with E-state index in [4.69, 9.17) is 0 Å². The van der Waals surface area contributed by atoms with Gasteiger partial charge in [-0.15, -0.1) is 0 Å². The second kappa shape index (κ2) is 4.65. The molecule has 0 bridgehead atoms. The van der Waals surface area contributed by atoms with Crippen LogP contribution in [0.25, 0.3) is 0 Å². The van der Waals surface area contributed by atoms with E-state index in [-0.39, 0.29) is 0 Å². The molecule has 5 heteroatoms. The first-order valence-corrected chi connectivity index (χ1v) is 4.80. The molecule has 0 unspecified atom stereocenters. The van der Waals surface area contributed by atoms with Crippen molar-refractivity contribution < 1.29 is 0 Å². The van der Waals surface area contributed by atoms with E-state index < -0.39 is 0 Å². The molecule has 2 aromatic heterocycles. The lowest BCUT2D eigenvalue weighted by Crippen LogP contribution is -2.16. The predicted molar refractivity (Wildman–Crippen MR) is 55.8 cm³/mol. The number of hydrogen-bond donors (Lipinski definition) is 1. The molecule has 0 aliphatic heterocycles. The van der Waals surface area contributed by atoms with Crippen LogP contribution < -0.4 is 5.32 Å². The van der Waals surface area contributed by atoms with Gasteiger partial charge in [0.1, 0.15) is 0 Å². The van der Waals surface area contributed by atoms with Crippen LogP contribution in [0.3, 0.4) is 0 Å². The van der Waals surface area contributed by atoms with Crippen molar-refractivity contribution in [1.82, 2.24) is 25.3 Å². The molecule has 5 nitrogen and oxygen atoms in total. The van der Waals surface area contributed by atoms with Crippen LogP contribution in [-0.4, -0.2) is 20.0 Å². The van der Waals surface area contributed by atoms with E-state index in [0.717, 1.165) is 24.5 Å². The summed E-state index contributed by atoms with van der Waals surface area (Å²) in [6, 6.07) is 5.82. The van der Waals surface area contributed by atoms with Crippen molar-refractivity contribution in [3.8, 4) is 0 Å². The molecule has 0 aliphatic rings. The van der Waals surface area contributed by atoms with Gasteiger partial charge in [0.15, 0.2) is 0 Å². The van der Waals surface area contributed by atoms with Gasteiger partial charge in [0, 0.05) is 32.5 Å². The summed E-state index contributed by atoms with van der Waals surface area (Å²) in [5.41, 5.74) is 2.10. The highest BCUT2D eigenvalue weighted by molar-refractivity contribution is 5.01. The normalized spacial score (nSPS) is 10.5. The Morgan fingerprint density at radius 3 is 2.87 bits per heavy atom. The highest BCUT2D eigenvalue weighted by Gasteiger charge is 1.98. The Hall–Kier alpha value is -1.75. The molecular formula is C10H13N5. The van der Waals surface area contributed by atoms with Crippen LogP contribution in [0.15, 0.2) is 30.6 Å². The number of aromatic nitrogens is 4. The first-order chi connectivity index (χ1) is 7.36. The average Bonchev–Trinajstić information content (AvgIpc) is 2.66. The molecule has 0 saturated heterocycles. The SMILES string of the molecule is Cn1nccc1CNCc1cccnn1. The Morgan fingerprint density at radius 2 is 2.20 bits per heavy atom. The third-order valence-electron chi connectivity index (χ3n) is 2.16. The molecule has 0 radical (unpaired) electrons. The van der Waals surface area contributed by atoms with Crippen molar-refractivity contribution in [1.29, 1.82) is 0 Å². The fourth-order valence-corrected chi connectivity index (χ4v) is 1.32. The van der Waals surface area contributed by atoms with Crippen molar-refractivity contribution in [3.63, 3.8) is 0 Å². The van der Waals surface area contributed by atoms with Gasteiger partial charge in [-0.2, -0.15) is 15.3 Å². The van der Waals surface area contributed by atoms with Crippen molar-refractivity contribution in [3.05, 3.63) is 42.0 Å². The van der Waals surface area contributed by atoms with Crippen LogP contribution in [0.5, 0.6) is 0 Å². The van der Waals surface area contributed by atoms with Crippen LogP contribution in [0, 0.1) is 0 Å². The molecule has 0 saturated carbocycles. The fourth-order valence-electron chi connectivity index (χ4n) is 1.32. The van der Waals surface area contributed by atoms with E-state index in [1.54, 1.807) is 12.4 Å². The highest BCUT2D eigenvalue weighted by Crippen LogP contribution is 1.96. The number of nitrogens with one attached hydrogen (secondary N) is 1. The number of aryl methyl sites for hydroxylation is 1. The molecule has 0 spiro atoms. The zero-order chi connectivity index (χ0) is 10.5. The largest absolute Gasteiger partial charge is 0.305 e. The lowest BCUT2D eigenvalue weighted by Gasteiger charge is -2.03. The minimum absolute atomic E-state index is 0.721. The van der Waals surface area contributed by atoms with Crippen LogP contribution in [0.4, 0.5) is 0 Å². The second-order valence-electron chi connectivity index (χ2n) is 3.26. The first kappa shape index (κ1) is 9.79. The minimum Gasteiger partial charge on any atom is -0.305 e. The summed E-state index contributed by atoms with van der Waals surface area (Å²) in [6.07, 6.45) is 3.46. The molecular weight excluding hydrogens is 190 g/mol. The van der Waals surface area contributed by atoms with Gasteiger partial charge in [0.25, 0.3) is 0 Å². The predicted octanol–water partition coefficient (Wildman–Crippen LogP) is 0.500. The minimum atomic E-state index is 0.721. The van der Waals surface area contributed by atoms with Gasteiger partial charge in [-0.1, -0.05) is 0 Å². The summed E-state index contributed by atoms with van der Waals surface area (Å²) in [7, 11) is 1.93. The standard InChI is InChI=1S/C10H13N5/c1-15-10(4-6-13-15)8-11-7-9-3-2-5-12-14-9/h2-6,11H,7-8H2,1H3. The Labute approximate surface area is 88.1 Å². The average molecular weight is 203 g/mol. The van der Waals surface area contributed by atoms with Gasteiger partial charge in [-0.25, -0.2) is 0 Å². The maximum absolute atomic E-state index is 4.09. The maximum Gasteiger partial charge on any atom is 0.0769 e. The number of hydrogen-bond acceptors (Lipinski definition) is 4. The molecule has 1 N–H and O–H groups in total. The zero-order valence-corrected chi connectivity index (χ0v) is 8.59. The van der Waals surface area contributed by atoms with E-state index in [9.17, 15) is 0 Å². The van der Waals surface area contributed by atoms with Crippen molar-refractivity contribution in [2.24, 2.45) is 7.05 Å². The summed E-state index contributed by atoms with van der Waals surface area (Å²) in [5, 5.41) is 15.2. The third kappa shape index (κ3) is 2.60. The van der Waals surface area contributed by atoms with Gasteiger partial charge in [0.05, 0.1) is 11.4 Å². The number of rotatable bonds is 4. The van der Waals surface area contributed by atoms with E-state index >= 15 is 0 Å². The molecule has 0 aliphatic carbocycles. The number of nitrogens with zero attached hydrogens (tertiary/aromatic N) is 4. The maximum atomic E-state index is 4.09. The van der Waals surface area contributed by atoms with Crippen LogP contribution in [-0.2, 0) is 20.1 Å². The van der Waals surface area contributed by atoms with E-state index in [1.165, 1.54) is 0 Å². The Kier molecular flexibility index (Phi) is 3.04. The Morgan fingerprint density at radius 1 is 1.27 bits per heavy atom. The lowest BCUT2D eigenvalue weighted by atomic mass is 10.3. The molecule has 78 valence electrons. The third-order valence-corrected chi connectivity index (χ3v) is 2.16. The highest BCUT2D eigenvalue weighted by atomic mass is 15.3.